The van der Waals surface area contributed by atoms with Crippen molar-refractivity contribution in [3.8, 4) is 0 Å². The molecule has 1 aliphatic heterocycles. The van der Waals surface area contributed by atoms with E-state index in [1.807, 2.05) is 30.3 Å². The molecule has 6 nitrogen and oxygen atoms in total. The van der Waals surface area contributed by atoms with E-state index in [1.54, 1.807) is 24.2 Å². The summed E-state index contributed by atoms with van der Waals surface area (Å²) in [5.74, 6) is -0.257. The molecular weight excluding hydrogens is 340 g/mol. The van der Waals surface area contributed by atoms with Gasteiger partial charge in [0.2, 0.25) is 0 Å². The van der Waals surface area contributed by atoms with Crippen molar-refractivity contribution in [3.05, 3.63) is 70.1 Å². The van der Waals surface area contributed by atoms with E-state index in [1.165, 1.54) is 10.6 Å². The maximum atomic E-state index is 13.0. The number of rotatable bonds is 4. The van der Waals surface area contributed by atoms with Gasteiger partial charge < -0.3 is 9.47 Å². The number of carbonyl (C=O) groups is 1. The van der Waals surface area contributed by atoms with Crippen molar-refractivity contribution in [3.63, 3.8) is 0 Å². The number of hydrogen-bond donors (Lipinski definition) is 0. The zero-order valence-electron chi connectivity index (χ0n) is 14.0. The van der Waals surface area contributed by atoms with E-state index in [4.69, 9.17) is 0 Å². The van der Waals surface area contributed by atoms with Crippen LogP contribution >= 0.6 is 0 Å². The highest BCUT2D eigenvalue weighted by molar-refractivity contribution is 7.91. The summed E-state index contributed by atoms with van der Waals surface area (Å²) in [6, 6.07) is 11.9. The second kappa shape index (κ2) is 6.84. The molecule has 3 rings (SSSR count). The van der Waals surface area contributed by atoms with Crippen molar-refractivity contribution < 1.29 is 13.2 Å². The number of sulfone groups is 1. The van der Waals surface area contributed by atoms with Crippen LogP contribution in [0.25, 0.3) is 0 Å². The Morgan fingerprint density at radius 1 is 1.24 bits per heavy atom. The molecule has 1 aliphatic rings. The zero-order valence-corrected chi connectivity index (χ0v) is 14.8. The summed E-state index contributed by atoms with van der Waals surface area (Å²) < 4.78 is 25.1. The first-order chi connectivity index (χ1) is 11.9. The fraction of sp³-hybridized carbons (Fsp3) is 0.333. The molecule has 1 atom stereocenters. The van der Waals surface area contributed by atoms with E-state index in [0.29, 0.717) is 13.0 Å². The van der Waals surface area contributed by atoms with Gasteiger partial charge >= 0.3 is 0 Å². The largest absolute Gasteiger partial charge is 0.330 e. The lowest BCUT2D eigenvalue weighted by atomic mass is 10.1. The van der Waals surface area contributed by atoms with E-state index in [9.17, 15) is 18.0 Å². The number of aryl methyl sites for hydroxylation is 1. The van der Waals surface area contributed by atoms with Gasteiger partial charge in [-0.1, -0.05) is 30.3 Å². The first kappa shape index (κ1) is 17.4. The number of pyridine rings is 1. The maximum Gasteiger partial charge on any atom is 0.254 e. The molecule has 0 N–H and O–H groups in total. The summed E-state index contributed by atoms with van der Waals surface area (Å²) in [6.07, 6.45) is 1.97. The number of aromatic nitrogens is 1. The third-order valence-electron chi connectivity index (χ3n) is 4.46. The minimum Gasteiger partial charge on any atom is -0.330 e. The van der Waals surface area contributed by atoms with Crippen LogP contribution in [0.3, 0.4) is 0 Å². The molecule has 0 spiro atoms. The lowest BCUT2D eigenvalue weighted by Gasteiger charge is -2.28. The third kappa shape index (κ3) is 3.99. The fourth-order valence-corrected chi connectivity index (χ4v) is 4.75. The molecule has 1 aromatic carbocycles. The van der Waals surface area contributed by atoms with Crippen LogP contribution in [0, 0.1) is 0 Å². The highest BCUT2D eigenvalue weighted by Crippen LogP contribution is 2.22. The summed E-state index contributed by atoms with van der Waals surface area (Å²) >= 11 is 0. The van der Waals surface area contributed by atoms with Crippen molar-refractivity contribution in [2.24, 2.45) is 7.05 Å². The second-order valence-corrected chi connectivity index (χ2v) is 8.57. The monoisotopic (exact) mass is 360 g/mol. The summed E-state index contributed by atoms with van der Waals surface area (Å²) in [5.41, 5.74) is 0.928. The number of nitrogens with zero attached hydrogens (tertiary/aromatic N) is 2. The van der Waals surface area contributed by atoms with E-state index < -0.39 is 9.84 Å². The Bertz CT molecular complexity index is 935. The Kier molecular flexibility index (Phi) is 4.76. The summed E-state index contributed by atoms with van der Waals surface area (Å²) in [6.45, 7) is 0.315. The molecular formula is C18H20N2O4S. The van der Waals surface area contributed by atoms with E-state index >= 15 is 0 Å². The summed E-state index contributed by atoms with van der Waals surface area (Å²) in [5, 5.41) is 0. The predicted octanol–water partition coefficient (Wildman–Crippen LogP) is 1.21. The Morgan fingerprint density at radius 3 is 2.56 bits per heavy atom. The average molecular weight is 360 g/mol. The minimum atomic E-state index is -3.12. The molecule has 1 fully saturated rings. The molecule has 0 saturated carbocycles. The Morgan fingerprint density at radius 2 is 1.96 bits per heavy atom. The number of hydrogen-bond acceptors (Lipinski definition) is 4. The van der Waals surface area contributed by atoms with Crippen LogP contribution in [0.2, 0.25) is 0 Å². The van der Waals surface area contributed by atoms with Gasteiger partial charge in [0.1, 0.15) is 0 Å². The van der Waals surface area contributed by atoms with E-state index in [0.717, 1.165) is 5.56 Å². The normalized spacial score (nSPS) is 18.8. The lowest BCUT2D eigenvalue weighted by molar-refractivity contribution is 0.0680. The quantitative estimate of drug-likeness (QED) is 0.821. The van der Waals surface area contributed by atoms with Gasteiger partial charge in [0.25, 0.3) is 11.5 Å². The Labute approximate surface area is 146 Å². The number of carbonyl (C=O) groups excluding carboxylic acids is 1. The fourth-order valence-electron chi connectivity index (χ4n) is 3.02. The average Bonchev–Trinajstić information content (AvgIpc) is 2.95. The van der Waals surface area contributed by atoms with Crippen LogP contribution in [0.15, 0.2) is 53.5 Å². The molecule has 2 heterocycles. The molecule has 1 amide bonds. The molecule has 7 heteroatoms. The van der Waals surface area contributed by atoms with Gasteiger partial charge in [0.05, 0.1) is 11.5 Å². The summed E-state index contributed by atoms with van der Waals surface area (Å²) in [4.78, 5) is 26.4. The van der Waals surface area contributed by atoms with Gasteiger partial charge in [0.15, 0.2) is 9.84 Å². The van der Waals surface area contributed by atoms with Crippen LogP contribution in [-0.4, -0.2) is 41.3 Å². The highest BCUT2D eigenvalue weighted by atomic mass is 32.2. The van der Waals surface area contributed by atoms with Crippen LogP contribution < -0.4 is 5.56 Å². The maximum absolute atomic E-state index is 13.0. The molecule has 1 aromatic heterocycles. The minimum absolute atomic E-state index is 0.0313. The van der Waals surface area contributed by atoms with Crippen molar-refractivity contribution in [2.45, 2.75) is 19.0 Å². The topological polar surface area (TPSA) is 76.5 Å². The van der Waals surface area contributed by atoms with Gasteiger partial charge in [-0.25, -0.2) is 8.42 Å². The Hall–Kier alpha value is -2.41. The number of benzene rings is 1. The second-order valence-electron chi connectivity index (χ2n) is 6.34. The molecule has 25 heavy (non-hydrogen) atoms. The van der Waals surface area contributed by atoms with E-state index in [2.05, 4.69) is 0 Å². The van der Waals surface area contributed by atoms with Crippen LogP contribution in [0.1, 0.15) is 22.3 Å². The molecule has 0 bridgehead atoms. The van der Waals surface area contributed by atoms with Crippen molar-refractivity contribution in [1.82, 2.24) is 9.47 Å². The SMILES string of the molecule is Cn1ccc(C(=O)N(Cc2ccccc2)[C@H]2CCS(=O)(=O)C2)cc1=O. The molecule has 2 aromatic rings. The lowest BCUT2D eigenvalue weighted by Crippen LogP contribution is -2.41. The van der Waals surface area contributed by atoms with Gasteiger partial charge in [-0.3, -0.25) is 9.59 Å². The van der Waals surface area contributed by atoms with Crippen LogP contribution in [0.4, 0.5) is 0 Å². The van der Waals surface area contributed by atoms with Gasteiger partial charge in [0, 0.05) is 37.5 Å². The van der Waals surface area contributed by atoms with Crippen molar-refractivity contribution in [2.75, 3.05) is 11.5 Å². The van der Waals surface area contributed by atoms with Crippen molar-refractivity contribution >= 4 is 15.7 Å². The third-order valence-corrected chi connectivity index (χ3v) is 6.21. The zero-order chi connectivity index (χ0) is 18.0. The standard InChI is InChI=1S/C18H20N2O4S/c1-19-9-7-15(11-17(19)21)18(22)20(12-14-5-3-2-4-6-14)16-8-10-25(23,24)13-16/h2-7,9,11,16H,8,10,12-13H2,1H3/t16-/m0/s1. The number of amides is 1. The molecule has 0 radical (unpaired) electrons. The molecule has 0 aliphatic carbocycles. The van der Waals surface area contributed by atoms with E-state index in [-0.39, 0.29) is 34.6 Å². The summed E-state index contributed by atoms with van der Waals surface area (Å²) in [7, 11) is -1.51. The molecule has 132 valence electrons. The molecule has 1 saturated heterocycles. The van der Waals surface area contributed by atoms with Gasteiger partial charge in [-0.05, 0) is 18.1 Å². The first-order valence-electron chi connectivity index (χ1n) is 8.08. The van der Waals surface area contributed by atoms with Gasteiger partial charge in [-0.2, -0.15) is 0 Å². The Balaban J connectivity index is 1.93. The van der Waals surface area contributed by atoms with Crippen molar-refractivity contribution in [1.29, 1.82) is 0 Å². The van der Waals surface area contributed by atoms with Crippen LogP contribution in [-0.2, 0) is 23.4 Å². The predicted molar refractivity (Wildman–Crippen MR) is 95.1 cm³/mol. The highest BCUT2D eigenvalue weighted by Gasteiger charge is 2.35. The molecule has 0 unspecified atom stereocenters. The smallest absolute Gasteiger partial charge is 0.254 e. The van der Waals surface area contributed by atoms with Crippen LogP contribution in [0.5, 0.6) is 0 Å². The van der Waals surface area contributed by atoms with Gasteiger partial charge in [-0.15, -0.1) is 0 Å². The first-order valence-corrected chi connectivity index (χ1v) is 9.90.